The number of Topliss-reactive ketones (excluding diaryl/α,β-unsaturated/α-hetero) is 1. The first kappa shape index (κ1) is 18.8. The molecule has 3 N–H and O–H groups in total. The molecular weight excluding hydrogens is 344 g/mol. The predicted octanol–water partition coefficient (Wildman–Crippen LogP) is 4.80. The van der Waals surface area contributed by atoms with Crippen molar-refractivity contribution in [3.8, 4) is 23.0 Å². The number of para-hydroxylation sites is 1. The SMILES string of the molecule is CCC(=CCc1c(O)cc2c(c1O)C(=O)CC(c1ccccc1O)O2)CC. The van der Waals surface area contributed by atoms with Crippen LogP contribution in [0.3, 0.4) is 0 Å². The molecule has 0 amide bonds. The first-order valence-electron chi connectivity index (χ1n) is 9.19. The number of allylic oxidation sites excluding steroid dienone is 2. The van der Waals surface area contributed by atoms with Crippen LogP contribution in [0.1, 0.15) is 60.7 Å². The summed E-state index contributed by atoms with van der Waals surface area (Å²) in [5.41, 5.74) is 2.13. The van der Waals surface area contributed by atoms with Gasteiger partial charge in [0.2, 0.25) is 0 Å². The first-order valence-corrected chi connectivity index (χ1v) is 9.19. The minimum Gasteiger partial charge on any atom is -0.508 e. The lowest BCUT2D eigenvalue weighted by Gasteiger charge is -2.27. The number of fused-ring (bicyclic) bond motifs is 1. The van der Waals surface area contributed by atoms with Crippen LogP contribution in [-0.2, 0) is 6.42 Å². The zero-order chi connectivity index (χ0) is 19.6. The number of hydrogen-bond donors (Lipinski definition) is 3. The van der Waals surface area contributed by atoms with Gasteiger partial charge in [-0.1, -0.05) is 43.7 Å². The van der Waals surface area contributed by atoms with Crippen LogP contribution in [0.2, 0.25) is 0 Å². The molecule has 0 aliphatic carbocycles. The van der Waals surface area contributed by atoms with E-state index in [-0.39, 0.29) is 40.8 Å². The summed E-state index contributed by atoms with van der Waals surface area (Å²) in [5.74, 6) is -0.444. The van der Waals surface area contributed by atoms with Gasteiger partial charge in [-0.15, -0.1) is 0 Å². The van der Waals surface area contributed by atoms with Crippen molar-refractivity contribution in [3.63, 3.8) is 0 Å². The van der Waals surface area contributed by atoms with Gasteiger partial charge in [0, 0.05) is 17.2 Å². The summed E-state index contributed by atoms with van der Waals surface area (Å²) >= 11 is 0. The van der Waals surface area contributed by atoms with Crippen LogP contribution >= 0.6 is 0 Å². The van der Waals surface area contributed by atoms with Gasteiger partial charge in [-0.05, 0) is 25.3 Å². The number of carbonyl (C=O) groups is 1. The summed E-state index contributed by atoms with van der Waals surface area (Å²) < 4.78 is 5.84. The van der Waals surface area contributed by atoms with Gasteiger partial charge in [-0.2, -0.15) is 0 Å². The summed E-state index contributed by atoms with van der Waals surface area (Å²) in [5, 5.41) is 31.0. The van der Waals surface area contributed by atoms with Crippen LogP contribution in [0.4, 0.5) is 0 Å². The van der Waals surface area contributed by atoms with E-state index < -0.39 is 6.10 Å². The van der Waals surface area contributed by atoms with Gasteiger partial charge in [0.15, 0.2) is 5.78 Å². The maximum Gasteiger partial charge on any atom is 0.174 e. The van der Waals surface area contributed by atoms with Gasteiger partial charge in [-0.25, -0.2) is 0 Å². The third-order valence-corrected chi connectivity index (χ3v) is 5.05. The molecule has 0 aromatic heterocycles. The van der Waals surface area contributed by atoms with E-state index in [1.807, 2.05) is 6.08 Å². The molecule has 0 saturated carbocycles. The fraction of sp³-hybridized carbons (Fsp3) is 0.318. The highest BCUT2D eigenvalue weighted by atomic mass is 16.5. The molecule has 0 bridgehead atoms. The van der Waals surface area contributed by atoms with Crippen molar-refractivity contribution in [1.29, 1.82) is 0 Å². The third kappa shape index (κ3) is 3.63. The lowest BCUT2D eigenvalue weighted by molar-refractivity contribution is 0.0841. The zero-order valence-electron chi connectivity index (χ0n) is 15.5. The molecule has 142 valence electrons. The lowest BCUT2D eigenvalue weighted by atomic mass is 9.92. The molecule has 0 radical (unpaired) electrons. The van der Waals surface area contributed by atoms with Crippen LogP contribution in [0.5, 0.6) is 23.0 Å². The summed E-state index contributed by atoms with van der Waals surface area (Å²) in [7, 11) is 0. The van der Waals surface area contributed by atoms with Crippen molar-refractivity contribution < 1.29 is 24.9 Å². The summed E-state index contributed by atoms with van der Waals surface area (Å²) in [6, 6.07) is 8.04. The van der Waals surface area contributed by atoms with Crippen LogP contribution < -0.4 is 4.74 Å². The van der Waals surface area contributed by atoms with E-state index in [0.29, 0.717) is 17.5 Å². The van der Waals surface area contributed by atoms with E-state index in [0.717, 1.165) is 12.8 Å². The van der Waals surface area contributed by atoms with E-state index in [1.54, 1.807) is 18.2 Å². The van der Waals surface area contributed by atoms with E-state index in [9.17, 15) is 20.1 Å². The highest BCUT2D eigenvalue weighted by molar-refractivity contribution is 6.03. The quantitative estimate of drug-likeness (QED) is 0.660. The number of phenols is 3. The van der Waals surface area contributed by atoms with Crippen LogP contribution in [0.15, 0.2) is 42.0 Å². The van der Waals surface area contributed by atoms with Crippen molar-refractivity contribution in [2.24, 2.45) is 0 Å². The van der Waals surface area contributed by atoms with Crippen molar-refractivity contribution in [3.05, 3.63) is 58.7 Å². The van der Waals surface area contributed by atoms with Crippen molar-refractivity contribution >= 4 is 5.78 Å². The molecule has 1 heterocycles. The Morgan fingerprint density at radius 3 is 2.52 bits per heavy atom. The molecule has 27 heavy (non-hydrogen) atoms. The molecule has 1 aliphatic rings. The molecule has 1 aliphatic heterocycles. The smallest absolute Gasteiger partial charge is 0.174 e. The topological polar surface area (TPSA) is 87.0 Å². The Morgan fingerprint density at radius 2 is 1.85 bits per heavy atom. The number of rotatable bonds is 5. The van der Waals surface area contributed by atoms with Gasteiger partial charge >= 0.3 is 0 Å². The van der Waals surface area contributed by atoms with Crippen LogP contribution in [-0.4, -0.2) is 21.1 Å². The number of phenolic OH excluding ortho intramolecular Hbond substituents is 3. The summed E-state index contributed by atoms with van der Waals surface area (Å²) in [6.45, 7) is 4.11. The third-order valence-electron chi connectivity index (χ3n) is 5.05. The molecule has 1 atom stereocenters. The molecule has 0 spiro atoms. The van der Waals surface area contributed by atoms with Gasteiger partial charge in [0.1, 0.15) is 34.7 Å². The normalized spacial score (nSPS) is 15.8. The fourth-order valence-electron chi connectivity index (χ4n) is 3.42. The molecule has 2 aromatic rings. The monoisotopic (exact) mass is 368 g/mol. The Bertz CT molecular complexity index is 892. The van der Waals surface area contributed by atoms with Crippen molar-refractivity contribution in [2.75, 3.05) is 0 Å². The van der Waals surface area contributed by atoms with Crippen molar-refractivity contribution in [2.45, 2.75) is 45.6 Å². The zero-order valence-corrected chi connectivity index (χ0v) is 15.5. The summed E-state index contributed by atoms with van der Waals surface area (Å²) in [4.78, 5) is 12.7. The predicted molar refractivity (Wildman–Crippen MR) is 103 cm³/mol. The molecule has 5 heteroatoms. The van der Waals surface area contributed by atoms with Crippen LogP contribution in [0.25, 0.3) is 0 Å². The average Bonchev–Trinajstić information content (AvgIpc) is 2.64. The lowest BCUT2D eigenvalue weighted by Crippen LogP contribution is -2.21. The highest BCUT2D eigenvalue weighted by Crippen LogP contribution is 2.45. The van der Waals surface area contributed by atoms with Gasteiger partial charge < -0.3 is 20.1 Å². The molecule has 0 saturated heterocycles. The maximum atomic E-state index is 12.7. The number of ether oxygens (including phenoxy) is 1. The van der Waals surface area contributed by atoms with E-state index in [4.69, 9.17) is 4.74 Å². The number of ketones is 1. The second-order valence-electron chi connectivity index (χ2n) is 6.66. The molecule has 5 nitrogen and oxygen atoms in total. The molecular formula is C22H24O5. The Kier molecular flexibility index (Phi) is 5.40. The van der Waals surface area contributed by atoms with E-state index >= 15 is 0 Å². The Labute approximate surface area is 158 Å². The van der Waals surface area contributed by atoms with Crippen molar-refractivity contribution in [1.82, 2.24) is 0 Å². The largest absolute Gasteiger partial charge is 0.508 e. The second kappa shape index (κ2) is 7.74. The minimum absolute atomic E-state index is 0.00730. The first-order chi connectivity index (χ1) is 13.0. The minimum atomic E-state index is -0.664. The van der Waals surface area contributed by atoms with E-state index in [1.165, 1.54) is 17.7 Å². The van der Waals surface area contributed by atoms with Crippen LogP contribution in [0, 0.1) is 0 Å². The molecule has 1 unspecified atom stereocenters. The number of hydrogen-bond acceptors (Lipinski definition) is 5. The van der Waals surface area contributed by atoms with Gasteiger partial charge in [0.05, 0.1) is 6.42 Å². The maximum absolute atomic E-state index is 12.7. The van der Waals surface area contributed by atoms with Gasteiger partial charge in [0.25, 0.3) is 0 Å². The fourth-order valence-corrected chi connectivity index (χ4v) is 3.42. The molecule has 0 fully saturated rings. The number of aromatic hydroxyl groups is 3. The number of benzene rings is 2. The van der Waals surface area contributed by atoms with E-state index in [2.05, 4.69) is 13.8 Å². The Morgan fingerprint density at radius 1 is 1.15 bits per heavy atom. The summed E-state index contributed by atoms with van der Waals surface area (Å²) in [6.07, 6.45) is 3.45. The average molecular weight is 368 g/mol. The highest BCUT2D eigenvalue weighted by Gasteiger charge is 2.33. The Balaban J connectivity index is 1.97. The second-order valence-corrected chi connectivity index (χ2v) is 6.66. The number of carbonyl (C=O) groups excluding carboxylic acids is 1. The van der Waals surface area contributed by atoms with Gasteiger partial charge in [-0.3, -0.25) is 4.79 Å². The molecule has 3 rings (SSSR count). The standard InChI is InChI=1S/C22H24O5/c1-3-13(4-2)9-10-15-17(24)11-20-21(22(15)26)18(25)12-19(27-20)14-7-5-6-8-16(14)23/h5-9,11,19,23-24,26H,3-4,10,12H2,1-2H3. The molecule has 2 aromatic carbocycles. The Hall–Kier alpha value is -2.95.